The zero-order valence-electron chi connectivity index (χ0n) is 15.0. The minimum absolute atomic E-state index is 0.0785. The highest BCUT2D eigenvalue weighted by molar-refractivity contribution is 6.41. The summed E-state index contributed by atoms with van der Waals surface area (Å²) in [4.78, 5) is 32.4. The molecule has 0 aliphatic heterocycles. The summed E-state index contributed by atoms with van der Waals surface area (Å²) in [5.74, 6) is -1.74. The molecule has 0 aliphatic carbocycles. The maximum absolute atomic E-state index is 10.8. The summed E-state index contributed by atoms with van der Waals surface area (Å²) in [5.41, 5.74) is 1.38. The van der Waals surface area contributed by atoms with E-state index in [1.165, 1.54) is 26.0 Å². The fourth-order valence-electron chi connectivity index (χ4n) is 1.96. The van der Waals surface area contributed by atoms with Crippen molar-refractivity contribution in [3.63, 3.8) is 0 Å². The Hall–Kier alpha value is -1.99. The molecule has 0 aliphatic rings. The number of carbonyl (C=O) groups is 3. The van der Waals surface area contributed by atoms with E-state index >= 15 is 0 Å². The van der Waals surface area contributed by atoms with Gasteiger partial charge in [0.05, 0.1) is 37.0 Å². The average Bonchev–Trinajstić information content (AvgIpc) is 2.58. The first-order chi connectivity index (χ1) is 13.0. The third kappa shape index (κ3) is 6.56. The fraction of sp³-hybridized carbons (Fsp3) is 0.167. The Morgan fingerprint density at radius 3 is 1.64 bits per heavy atom. The van der Waals surface area contributed by atoms with Gasteiger partial charge in [0.2, 0.25) is 11.8 Å². The van der Waals surface area contributed by atoms with Gasteiger partial charge in [0.15, 0.2) is 0 Å². The smallest absolute Gasteiger partial charge is 0.337 e. The molecule has 28 heavy (non-hydrogen) atoms. The third-order valence-corrected chi connectivity index (χ3v) is 4.72. The lowest BCUT2D eigenvalue weighted by Crippen LogP contribution is -2.09. The Kier molecular flexibility index (Phi) is 9.04. The molecule has 2 aromatic carbocycles. The Labute approximate surface area is 181 Å². The number of carbonyl (C=O) groups excluding carboxylic acids is 2. The number of benzene rings is 2. The van der Waals surface area contributed by atoms with Gasteiger partial charge in [0.25, 0.3) is 0 Å². The molecule has 0 atom stereocenters. The summed E-state index contributed by atoms with van der Waals surface area (Å²) < 4.78 is 0. The average molecular weight is 466 g/mol. The lowest BCUT2D eigenvalue weighted by Gasteiger charge is -2.09. The van der Waals surface area contributed by atoms with E-state index in [4.69, 9.17) is 51.5 Å². The van der Waals surface area contributed by atoms with Gasteiger partial charge in [0.1, 0.15) is 0 Å². The van der Waals surface area contributed by atoms with Crippen LogP contribution in [-0.2, 0) is 9.59 Å². The van der Waals surface area contributed by atoms with Gasteiger partial charge in [-0.05, 0) is 30.7 Å². The van der Waals surface area contributed by atoms with Crippen LogP contribution in [0.4, 0.5) is 11.4 Å². The van der Waals surface area contributed by atoms with Crippen LogP contribution in [0, 0.1) is 6.92 Å². The number of hydrogen-bond donors (Lipinski definition) is 3. The van der Waals surface area contributed by atoms with E-state index in [2.05, 4.69) is 10.6 Å². The number of carboxylic acids is 1. The number of hydrogen-bond acceptors (Lipinski definition) is 3. The quantitative estimate of drug-likeness (QED) is 0.524. The summed E-state index contributed by atoms with van der Waals surface area (Å²) in [5, 5.41) is 14.8. The Bertz CT molecular complexity index is 932. The minimum atomic E-state index is -1.18. The molecule has 10 heteroatoms. The van der Waals surface area contributed by atoms with Gasteiger partial charge in [-0.25, -0.2) is 4.79 Å². The number of nitrogens with one attached hydrogen (secondary N) is 2. The first-order valence-electron chi connectivity index (χ1n) is 7.66. The Morgan fingerprint density at radius 1 is 0.786 bits per heavy atom. The molecule has 0 radical (unpaired) electrons. The highest BCUT2D eigenvalue weighted by Crippen LogP contribution is 2.33. The number of anilines is 2. The van der Waals surface area contributed by atoms with Crippen LogP contribution in [0.3, 0.4) is 0 Å². The van der Waals surface area contributed by atoms with Gasteiger partial charge < -0.3 is 15.7 Å². The maximum Gasteiger partial charge on any atom is 0.337 e. The fourth-order valence-corrected chi connectivity index (χ4v) is 2.97. The van der Waals surface area contributed by atoms with Crippen LogP contribution < -0.4 is 10.6 Å². The van der Waals surface area contributed by atoms with Crippen LogP contribution in [0.25, 0.3) is 0 Å². The molecule has 0 saturated carbocycles. The summed E-state index contributed by atoms with van der Waals surface area (Å²) in [7, 11) is 0. The summed E-state index contributed by atoms with van der Waals surface area (Å²) in [6.45, 7) is 4.54. The van der Waals surface area contributed by atoms with Crippen molar-refractivity contribution in [1.29, 1.82) is 0 Å². The molecule has 0 fully saturated rings. The van der Waals surface area contributed by atoms with Crippen molar-refractivity contribution in [2.45, 2.75) is 20.8 Å². The number of rotatable bonds is 3. The van der Waals surface area contributed by atoms with Crippen LogP contribution in [0.15, 0.2) is 24.3 Å². The standard InChI is InChI=1S/C9H7Cl2NO3.C9H9Cl2NO/c1-4(13)12-8-6(10)3-2-5(7(8)11)9(14)15;1-5-3-4-7(10)9(8(5)11)12-6(2)13/h2-3H,1H3,(H,12,13)(H,14,15);3-4H,1-2H3,(H,12,13). The molecule has 0 spiro atoms. The second-order valence-electron chi connectivity index (χ2n) is 5.50. The van der Waals surface area contributed by atoms with Crippen LogP contribution in [0.1, 0.15) is 29.8 Å². The summed E-state index contributed by atoms with van der Waals surface area (Å²) in [6, 6.07) is 6.14. The molecule has 0 aromatic heterocycles. The maximum atomic E-state index is 10.8. The monoisotopic (exact) mass is 464 g/mol. The van der Waals surface area contributed by atoms with Crippen molar-refractivity contribution in [2.24, 2.45) is 0 Å². The molecule has 0 saturated heterocycles. The predicted molar refractivity (Wildman–Crippen MR) is 113 cm³/mol. The zero-order chi connectivity index (χ0) is 21.6. The highest BCUT2D eigenvalue weighted by Gasteiger charge is 2.16. The Balaban J connectivity index is 0.000000283. The molecular formula is C18H16Cl4N2O4. The van der Waals surface area contributed by atoms with Gasteiger partial charge in [-0.3, -0.25) is 9.59 Å². The SMILES string of the molecule is CC(=O)Nc1c(Cl)ccc(C(=O)O)c1Cl.CC(=O)Nc1c(Cl)ccc(C)c1Cl. The topological polar surface area (TPSA) is 95.5 Å². The molecule has 0 unspecified atom stereocenters. The first kappa shape index (κ1) is 24.0. The lowest BCUT2D eigenvalue weighted by atomic mass is 10.2. The molecule has 2 rings (SSSR count). The van der Waals surface area contributed by atoms with E-state index in [-0.39, 0.29) is 33.1 Å². The lowest BCUT2D eigenvalue weighted by molar-refractivity contribution is -0.115. The van der Waals surface area contributed by atoms with Crippen LogP contribution >= 0.6 is 46.4 Å². The number of carboxylic acid groups (broad SMARTS) is 1. The van der Waals surface area contributed by atoms with E-state index in [0.29, 0.717) is 15.7 Å². The van der Waals surface area contributed by atoms with Gasteiger partial charge in [-0.2, -0.15) is 0 Å². The molecule has 2 amide bonds. The normalized spacial score (nSPS) is 9.82. The first-order valence-corrected chi connectivity index (χ1v) is 9.18. The predicted octanol–water partition coefficient (Wildman–Crippen LogP) is 5.91. The van der Waals surface area contributed by atoms with Crippen molar-refractivity contribution in [3.05, 3.63) is 55.5 Å². The highest BCUT2D eigenvalue weighted by atomic mass is 35.5. The van der Waals surface area contributed by atoms with E-state index in [1.54, 1.807) is 12.1 Å². The molecule has 150 valence electrons. The molecular weight excluding hydrogens is 450 g/mol. The molecule has 3 N–H and O–H groups in total. The largest absolute Gasteiger partial charge is 0.478 e. The van der Waals surface area contributed by atoms with Crippen LogP contribution in [0.5, 0.6) is 0 Å². The van der Waals surface area contributed by atoms with Crippen molar-refractivity contribution in [2.75, 3.05) is 10.6 Å². The number of aryl methyl sites for hydroxylation is 1. The van der Waals surface area contributed by atoms with E-state index in [9.17, 15) is 14.4 Å². The summed E-state index contributed by atoms with van der Waals surface area (Å²) in [6.07, 6.45) is 0. The zero-order valence-corrected chi connectivity index (χ0v) is 18.0. The van der Waals surface area contributed by atoms with E-state index < -0.39 is 5.97 Å². The van der Waals surface area contributed by atoms with E-state index in [1.807, 2.05) is 6.92 Å². The van der Waals surface area contributed by atoms with Gasteiger partial charge >= 0.3 is 5.97 Å². The molecule has 2 aromatic rings. The van der Waals surface area contributed by atoms with Crippen molar-refractivity contribution >= 4 is 75.6 Å². The number of amides is 2. The van der Waals surface area contributed by atoms with Gasteiger partial charge in [-0.15, -0.1) is 0 Å². The van der Waals surface area contributed by atoms with Crippen molar-refractivity contribution in [3.8, 4) is 0 Å². The van der Waals surface area contributed by atoms with Crippen LogP contribution in [0.2, 0.25) is 20.1 Å². The van der Waals surface area contributed by atoms with Crippen molar-refractivity contribution in [1.82, 2.24) is 0 Å². The van der Waals surface area contributed by atoms with Gasteiger partial charge in [-0.1, -0.05) is 52.5 Å². The van der Waals surface area contributed by atoms with Gasteiger partial charge in [0, 0.05) is 13.8 Å². The second kappa shape index (κ2) is 10.5. The molecule has 0 heterocycles. The van der Waals surface area contributed by atoms with Crippen molar-refractivity contribution < 1.29 is 19.5 Å². The minimum Gasteiger partial charge on any atom is -0.478 e. The third-order valence-electron chi connectivity index (χ3n) is 3.21. The number of halogens is 4. The number of aromatic carboxylic acids is 1. The summed E-state index contributed by atoms with van der Waals surface area (Å²) >= 11 is 23.3. The molecule has 6 nitrogen and oxygen atoms in total. The second-order valence-corrected chi connectivity index (χ2v) is 7.08. The Morgan fingerprint density at radius 2 is 1.21 bits per heavy atom. The van der Waals surface area contributed by atoms with Crippen LogP contribution in [-0.4, -0.2) is 22.9 Å². The van der Waals surface area contributed by atoms with E-state index in [0.717, 1.165) is 5.56 Å². The molecule has 0 bridgehead atoms.